The Morgan fingerprint density at radius 1 is 1.44 bits per heavy atom. The first kappa shape index (κ1) is 12.4. The first-order chi connectivity index (χ1) is 8.63. The summed E-state index contributed by atoms with van der Waals surface area (Å²) < 4.78 is 0. The van der Waals surface area contributed by atoms with Crippen LogP contribution in [-0.4, -0.2) is 12.0 Å². The summed E-state index contributed by atoms with van der Waals surface area (Å²) in [6, 6.07) is 9.89. The van der Waals surface area contributed by atoms with Crippen molar-refractivity contribution < 1.29 is 0 Å². The highest BCUT2D eigenvalue weighted by Gasteiger charge is 2.15. The summed E-state index contributed by atoms with van der Waals surface area (Å²) >= 11 is 1.71. The van der Waals surface area contributed by atoms with Crippen molar-refractivity contribution in [3.05, 3.63) is 40.2 Å². The molecule has 0 aliphatic rings. The van der Waals surface area contributed by atoms with Crippen LogP contribution in [0.1, 0.15) is 23.5 Å². The molecule has 92 valence electrons. The van der Waals surface area contributed by atoms with E-state index in [-0.39, 0.29) is 11.7 Å². The lowest BCUT2D eigenvalue weighted by Gasteiger charge is -2.25. The van der Waals surface area contributed by atoms with Crippen LogP contribution in [0, 0.1) is 11.3 Å². The highest BCUT2D eigenvalue weighted by Crippen LogP contribution is 2.27. The molecule has 2 aromatic heterocycles. The molecule has 0 saturated heterocycles. The van der Waals surface area contributed by atoms with Crippen LogP contribution in [0.3, 0.4) is 0 Å². The van der Waals surface area contributed by atoms with Crippen LogP contribution in [0.5, 0.6) is 0 Å². The zero-order chi connectivity index (χ0) is 13.1. The van der Waals surface area contributed by atoms with Crippen molar-refractivity contribution in [1.82, 2.24) is 4.98 Å². The van der Waals surface area contributed by atoms with E-state index in [0.29, 0.717) is 5.69 Å². The van der Waals surface area contributed by atoms with Crippen LogP contribution >= 0.6 is 11.3 Å². The van der Waals surface area contributed by atoms with Gasteiger partial charge in [-0.1, -0.05) is 6.07 Å². The Kier molecular flexibility index (Phi) is 3.49. The number of thiophene rings is 1. The second-order valence-corrected chi connectivity index (χ2v) is 5.00. The molecule has 4 nitrogen and oxygen atoms in total. The van der Waals surface area contributed by atoms with E-state index in [2.05, 4.69) is 23.4 Å². The molecule has 0 aliphatic carbocycles. The molecule has 2 rings (SSSR count). The van der Waals surface area contributed by atoms with Crippen molar-refractivity contribution in [2.24, 2.45) is 0 Å². The molecule has 0 aromatic carbocycles. The van der Waals surface area contributed by atoms with E-state index in [1.807, 2.05) is 30.1 Å². The van der Waals surface area contributed by atoms with Crippen molar-refractivity contribution in [3.63, 3.8) is 0 Å². The molecular formula is C13H14N4S. The molecule has 0 fully saturated rings. The topological polar surface area (TPSA) is 65.9 Å². The van der Waals surface area contributed by atoms with Crippen molar-refractivity contribution in [2.45, 2.75) is 13.0 Å². The van der Waals surface area contributed by atoms with Crippen LogP contribution in [-0.2, 0) is 0 Å². The van der Waals surface area contributed by atoms with Crippen molar-refractivity contribution in [2.75, 3.05) is 17.7 Å². The number of pyridine rings is 1. The second kappa shape index (κ2) is 5.07. The molecule has 2 heterocycles. The first-order valence-corrected chi connectivity index (χ1v) is 6.44. The SMILES string of the molecule is CC(c1cccs1)N(C)c1ccc(N)c(C#N)n1. The molecule has 0 spiro atoms. The van der Waals surface area contributed by atoms with E-state index in [9.17, 15) is 0 Å². The number of nitriles is 1. The quantitative estimate of drug-likeness (QED) is 0.919. The van der Waals surface area contributed by atoms with Gasteiger partial charge in [0.15, 0.2) is 5.69 Å². The van der Waals surface area contributed by atoms with Gasteiger partial charge >= 0.3 is 0 Å². The number of rotatable bonds is 3. The zero-order valence-electron chi connectivity index (χ0n) is 10.3. The Hall–Kier alpha value is -2.06. The summed E-state index contributed by atoms with van der Waals surface area (Å²) in [5.41, 5.74) is 6.36. The summed E-state index contributed by atoms with van der Waals surface area (Å²) in [7, 11) is 1.96. The largest absolute Gasteiger partial charge is 0.396 e. The minimum atomic E-state index is 0.215. The maximum absolute atomic E-state index is 8.94. The van der Waals surface area contributed by atoms with Gasteiger partial charge in [0.25, 0.3) is 0 Å². The Morgan fingerprint density at radius 2 is 2.22 bits per heavy atom. The van der Waals surface area contributed by atoms with Gasteiger partial charge in [-0.15, -0.1) is 11.3 Å². The Labute approximate surface area is 110 Å². The molecular weight excluding hydrogens is 244 g/mol. The third-order valence-corrected chi connectivity index (χ3v) is 3.96. The predicted molar refractivity (Wildman–Crippen MR) is 74.5 cm³/mol. The molecule has 0 radical (unpaired) electrons. The summed E-state index contributed by atoms with van der Waals surface area (Å²) in [6.07, 6.45) is 0. The zero-order valence-corrected chi connectivity index (χ0v) is 11.1. The molecule has 1 atom stereocenters. The summed E-state index contributed by atoms with van der Waals surface area (Å²) in [6.45, 7) is 2.11. The smallest absolute Gasteiger partial charge is 0.165 e. The highest BCUT2D eigenvalue weighted by molar-refractivity contribution is 7.10. The fraction of sp³-hybridized carbons (Fsp3) is 0.231. The molecule has 0 amide bonds. The van der Waals surface area contributed by atoms with Gasteiger partial charge in [0.2, 0.25) is 0 Å². The van der Waals surface area contributed by atoms with Gasteiger partial charge in [0.1, 0.15) is 11.9 Å². The predicted octanol–water partition coefficient (Wildman–Crippen LogP) is 2.79. The monoisotopic (exact) mass is 258 g/mol. The maximum atomic E-state index is 8.94. The van der Waals surface area contributed by atoms with Crippen molar-refractivity contribution >= 4 is 22.8 Å². The van der Waals surface area contributed by atoms with Crippen molar-refractivity contribution in [3.8, 4) is 6.07 Å². The minimum Gasteiger partial charge on any atom is -0.396 e. The first-order valence-electron chi connectivity index (χ1n) is 5.56. The van der Waals surface area contributed by atoms with Gasteiger partial charge in [-0.05, 0) is 30.5 Å². The number of nitrogen functional groups attached to an aromatic ring is 1. The van der Waals surface area contributed by atoms with Gasteiger partial charge in [0.05, 0.1) is 11.7 Å². The number of nitrogens with zero attached hydrogens (tertiary/aromatic N) is 3. The average molecular weight is 258 g/mol. The van der Waals surface area contributed by atoms with Gasteiger partial charge in [-0.2, -0.15) is 5.26 Å². The van der Waals surface area contributed by atoms with E-state index in [4.69, 9.17) is 11.0 Å². The fourth-order valence-corrected chi connectivity index (χ4v) is 2.49. The molecule has 18 heavy (non-hydrogen) atoms. The number of hydrogen-bond donors (Lipinski definition) is 1. The van der Waals surface area contributed by atoms with Gasteiger partial charge in [-0.3, -0.25) is 0 Å². The lowest BCUT2D eigenvalue weighted by Crippen LogP contribution is -2.22. The average Bonchev–Trinajstić information content (AvgIpc) is 2.91. The molecule has 2 aromatic rings. The van der Waals surface area contributed by atoms with Crippen LogP contribution < -0.4 is 10.6 Å². The van der Waals surface area contributed by atoms with Crippen molar-refractivity contribution in [1.29, 1.82) is 5.26 Å². The van der Waals surface area contributed by atoms with E-state index in [1.165, 1.54) is 4.88 Å². The second-order valence-electron chi connectivity index (χ2n) is 4.02. The maximum Gasteiger partial charge on any atom is 0.165 e. The highest BCUT2D eigenvalue weighted by atomic mass is 32.1. The number of aromatic nitrogens is 1. The lowest BCUT2D eigenvalue weighted by atomic mass is 10.2. The molecule has 0 saturated carbocycles. The summed E-state index contributed by atoms with van der Waals surface area (Å²) in [5.74, 6) is 0.752. The standard InChI is InChI=1S/C13H14N4S/c1-9(12-4-3-7-18-12)17(2)13-6-5-10(15)11(8-14)16-13/h3-7,9H,15H2,1-2H3. The number of nitrogens with two attached hydrogens (primary N) is 1. The normalized spacial score (nSPS) is 11.8. The van der Waals surface area contributed by atoms with Gasteiger partial charge in [-0.25, -0.2) is 4.98 Å². The number of anilines is 2. The number of hydrogen-bond acceptors (Lipinski definition) is 5. The molecule has 2 N–H and O–H groups in total. The third-order valence-electron chi connectivity index (χ3n) is 2.91. The van der Waals surface area contributed by atoms with Gasteiger partial charge in [0, 0.05) is 11.9 Å². The Bertz CT molecular complexity index is 571. The van der Waals surface area contributed by atoms with E-state index >= 15 is 0 Å². The van der Waals surface area contributed by atoms with E-state index < -0.39 is 0 Å². The van der Waals surface area contributed by atoms with Gasteiger partial charge < -0.3 is 10.6 Å². The van der Waals surface area contributed by atoms with Crippen LogP contribution in [0.15, 0.2) is 29.6 Å². The fourth-order valence-electron chi connectivity index (χ4n) is 1.66. The van der Waals surface area contributed by atoms with Crippen LogP contribution in [0.4, 0.5) is 11.5 Å². The lowest BCUT2D eigenvalue weighted by molar-refractivity contribution is 0.742. The van der Waals surface area contributed by atoms with E-state index in [1.54, 1.807) is 17.4 Å². The summed E-state index contributed by atoms with van der Waals surface area (Å²) in [4.78, 5) is 7.56. The molecule has 1 unspecified atom stereocenters. The van der Waals surface area contributed by atoms with E-state index in [0.717, 1.165) is 5.82 Å². The molecule has 5 heteroatoms. The molecule has 0 aliphatic heterocycles. The molecule has 0 bridgehead atoms. The Morgan fingerprint density at radius 3 is 2.83 bits per heavy atom. The Balaban J connectivity index is 2.29. The third kappa shape index (κ3) is 2.29. The van der Waals surface area contributed by atoms with Crippen LogP contribution in [0.25, 0.3) is 0 Å². The van der Waals surface area contributed by atoms with Crippen LogP contribution in [0.2, 0.25) is 0 Å². The summed E-state index contributed by atoms with van der Waals surface area (Å²) in [5, 5.41) is 11.0. The minimum absolute atomic E-state index is 0.215.